The number of esters is 1. The zero-order chi connectivity index (χ0) is 31.4. The average Bonchev–Trinajstić information content (AvgIpc) is 3.32. The quantitative estimate of drug-likeness (QED) is 0.184. The third-order valence-corrected chi connectivity index (χ3v) is 8.80. The van der Waals surface area contributed by atoms with Gasteiger partial charge in [0.2, 0.25) is 0 Å². The number of hydrogen-bond donors (Lipinski definition) is 0. The van der Waals surface area contributed by atoms with E-state index in [2.05, 4.69) is 36.9 Å². The molecule has 0 N–H and O–H groups in total. The van der Waals surface area contributed by atoms with E-state index in [1.54, 1.807) is 36.4 Å². The summed E-state index contributed by atoms with van der Waals surface area (Å²) in [6.45, 7) is 4.86. The minimum absolute atomic E-state index is 0.214. The van der Waals surface area contributed by atoms with Crippen molar-refractivity contribution in [3.05, 3.63) is 118 Å². The molecule has 0 fully saturated rings. The molecule has 0 amide bonds. The van der Waals surface area contributed by atoms with E-state index in [4.69, 9.17) is 18.9 Å². The molecule has 0 saturated heterocycles. The molecule has 0 aliphatic carbocycles. The summed E-state index contributed by atoms with van der Waals surface area (Å²) in [5.74, 6) is 0.732. The molecule has 4 aromatic rings. The Morgan fingerprint density at radius 2 is 1.68 bits per heavy atom. The fourth-order valence-electron chi connectivity index (χ4n) is 4.68. The fraction of sp³-hybridized carbons (Fsp3) is 0.219. The number of aromatic nitrogens is 1. The van der Waals surface area contributed by atoms with E-state index in [0.717, 1.165) is 11.1 Å². The van der Waals surface area contributed by atoms with Gasteiger partial charge in [-0.2, -0.15) is 0 Å². The van der Waals surface area contributed by atoms with Gasteiger partial charge in [0, 0.05) is 6.20 Å². The molecule has 2 heterocycles. The number of hydrogen-bond acceptors (Lipinski definition) is 8. The first-order valence-corrected chi connectivity index (χ1v) is 16.0. The summed E-state index contributed by atoms with van der Waals surface area (Å²) in [6.07, 6.45) is 3.20. The van der Waals surface area contributed by atoms with Crippen LogP contribution in [0.25, 0.3) is 6.08 Å². The number of nitrogens with zero attached hydrogens (tertiary/aromatic N) is 2. The van der Waals surface area contributed by atoms with Crippen LogP contribution in [0.4, 0.5) is 4.39 Å². The van der Waals surface area contributed by atoms with Gasteiger partial charge in [-0.05, 0) is 105 Å². The number of carbonyl (C=O) groups excluding carboxylic acids is 1. The van der Waals surface area contributed by atoms with Crippen molar-refractivity contribution in [3.8, 4) is 17.2 Å². The van der Waals surface area contributed by atoms with Crippen molar-refractivity contribution in [2.75, 3.05) is 20.3 Å². The summed E-state index contributed by atoms with van der Waals surface area (Å²) in [4.78, 5) is 31.7. The Morgan fingerprint density at radius 1 is 1.00 bits per heavy atom. The molecule has 1 aliphatic heterocycles. The molecular formula is C32H27Br2FN2O6S. The maximum atomic E-state index is 13.9. The van der Waals surface area contributed by atoms with Gasteiger partial charge in [0.1, 0.15) is 18.2 Å². The van der Waals surface area contributed by atoms with Crippen molar-refractivity contribution in [1.82, 2.24) is 4.57 Å². The first-order chi connectivity index (χ1) is 21.2. The molecule has 1 aliphatic rings. The van der Waals surface area contributed by atoms with Crippen molar-refractivity contribution in [3.63, 3.8) is 0 Å². The molecule has 0 bridgehead atoms. The predicted molar refractivity (Wildman–Crippen MR) is 173 cm³/mol. The molecule has 0 unspecified atom stereocenters. The second kappa shape index (κ2) is 13.9. The van der Waals surface area contributed by atoms with Crippen LogP contribution in [0.5, 0.6) is 17.2 Å². The number of rotatable bonds is 10. The first-order valence-electron chi connectivity index (χ1n) is 13.6. The Kier molecular flexibility index (Phi) is 10.0. The number of methoxy groups -OCH3 is 1. The topological polar surface area (TPSA) is 88.4 Å². The number of halogens is 3. The van der Waals surface area contributed by atoms with Crippen LogP contribution >= 0.6 is 43.2 Å². The van der Waals surface area contributed by atoms with Crippen molar-refractivity contribution in [1.29, 1.82) is 0 Å². The number of carbonyl (C=O) groups is 1. The van der Waals surface area contributed by atoms with E-state index in [1.807, 2.05) is 26.0 Å². The highest BCUT2D eigenvalue weighted by molar-refractivity contribution is 9.11. The van der Waals surface area contributed by atoms with E-state index in [0.29, 0.717) is 54.3 Å². The molecular weight excluding hydrogens is 719 g/mol. The number of ether oxygens (including phenoxy) is 4. The Bertz CT molecular complexity index is 1900. The minimum Gasteiger partial charge on any atom is -0.490 e. The van der Waals surface area contributed by atoms with Crippen LogP contribution < -0.4 is 29.1 Å². The average molecular weight is 746 g/mol. The molecule has 12 heteroatoms. The monoisotopic (exact) mass is 744 g/mol. The summed E-state index contributed by atoms with van der Waals surface area (Å²) in [6, 6.07) is 14.3. The number of benzene rings is 3. The van der Waals surface area contributed by atoms with Gasteiger partial charge in [0.25, 0.3) is 5.56 Å². The molecule has 3 aromatic carbocycles. The van der Waals surface area contributed by atoms with Crippen LogP contribution in [0.3, 0.4) is 0 Å². The van der Waals surface area contributed by atoms with Gasteiger partial charge in [-0.15, -0.1) is 0 Å². The maximum absolute atomic E-state index is 13.9. The summed E-state index contributed by atoms with van der Waals surface area (Å²) in [5, 5.41) is 0. The second-order valence-corrected chi connectivity index (χ2v) is 12.2. The Balaban J connectivity index is 1.54. The molecule has 0 radical (unpaired) electrons. The van der Waals surface area contributed by atoms with Crippen LogP contribution in [0.2, 0.25) is 0 Å². The van der Waals surface area contributed by atoms with Crippen molar-refractivity contribution in [2.45, 2.75) is 26.5 Å². The van der Waals surface area contributed by atoms with Crippen LogP contribution in [-0.4, -0.2) is 30.9 Å². The summed E-state index contributed by atoms with van der Waals surface area (Å²) >= 11 is 8.34. The van der Waals surface area contributed by atoms with Gasteiger partial charge in [-0.1, -0.05) is 29.5 Å². The molecule has 0 spiro atoms. The van der Waals surface area contributed by atoms with Crippen LogP contribution in [0, 0.1) is 5.82 Å². The SMILES string of the molecule is CCOc1ccc([C@H]2C(C(=O)OC)=CN=c3s/c(=C\c4cc(Br)c(OCc5ccc(F)cc5)c(Br)c4)c(=O)n32)cc1OCC. The molecule has 8 nitrogen and oxygen atoms in total. The molecule has 0 saturated carbocycles. The molecule has 44 heavy (non-hydrogen) atoms. The van der Waals surface area contributed by atoms with Gasteiger partial charge in [-0.25, -0.2) is 14.2 Å². The highest BCUT2D eigenvalue weighted by atomic mass is 79.9. The van der Waals surface area contributed by atoms with E-state index in [-0.39, 0.29) is 23.6 Å². The first kappa shape index (κ1) is 31.7. The molecule has 1 aromatic heterocycles. The van der Waals surface area contributed by atoms with Crippen molar-refractivity contribution < 1.29 is 28.1 Å². The molecule has 1 atom stereocenters. The van der Waals surface area contributed by atoms with E-state index < -0.39 is 12.0 Å². The standard InChI is InChI=1S/C32H27Br2FN2O6S/c1-4-41-25-11-8-20(15-26(25)42-5-2)28-22(31(39)40-3)16-36-32-37(28)30(38)27(44-32)14-19-12-23(33)29(24(34)13-19)43-17-18-6-9-21(35)10-7-18/h6-16,28H,4-5,17H2,1-3H3/b27-14-/t28-/m0/s1. The van der Waals surface area contributed by atoms with Crippen LogP contribution in [-0.2, 0) is 16.1 Å². The van der Waals surface area contributed by atoms with Crippen molar-refractivity contribution in [2.24, 2.45) is 4.99 Å². The van der Waals surface area contributed by atoms with Crippen LogP contribution in [0.1, 0.15) is 36.6 Å². The Morgan fingerprint density at radius 3 is 2.34 bits per heavy atom. The van der Waals surface area contributed by atoms with Crippen molar-refractivity contribution >= 4 is 55.2 Å². The largest absolute Gasteiger partial charge is 0.490 e. The van der Waals surface area contributed by atoms with Gasteiger partial charge >= 0.3 is 5.97 Å². The van der Waals surface area contributed by atoms with E-state index in [9.17, 15) is 14.0 Å². The lowest BCUT2D eigenvalue weighted by atomic mass is 9.97. The Labute approximate surface area is 273 Å². The maximum Gasteiger partial charge on any atom is 0.337 e. The second-order valence-electron chi connectivity index (χ2n) is 9.48. The summed E-state index contributed by atoms with van der Waals surface area (Å²) in [7, 11) is 1.29. The lowest BCUT2D eigenvalue weighted by Crippen LogP contribution is -2.39. The lowest BCUT2D eigenvalue weighted by molar-refractivity contribution is -0.136. The zero-order valence-corrected chi connectivity index (χ0v) is 27.9. The van der Waals surface area contributed by atoms with Crippen LogP contribution in [0.15, 0.2) is 85.1 Å². The molecule has 228 valence electrons. The van der Waals surface area contributed by atoms with Gasteiger partial charge < -0.3 is 18.9 Å². The highest BCUT2D eigenvalue weighted by Gasteiger charge is 2.31. The number of thiazole rings is 1. The number of fused-ring (bicyclic) bond motifs is 1. The smallest absolute Gasteiger partial charge is 0.337 e. The van der Waals surface area contributed by atoms with E-state index in [1.165, 1.54) is 41.3 Å². The fourth-order valence-corrected chi connectivity index (χ4v) is 7.10. The normalized spacial score (nSPS) is 14.4. The molecule has 5 rings (SSSR count). The lowest BCUT2D eigenvalue weighted by Gasteiger charge is -2.23. The Hall–Kier alpha value is -3.74. The third kappa shape index (κ3) is 6.67. The summed E-state index contributed by atoms with van der Waals surface area (Å²) in [5.41, 5.74) is 2.09. The van der Waals surface area contributed by atoms with E-state index >= 15 is 0 Å². The van der Waals surface area contributed by atoms with Gasteiger partial charge in [-0.3, -0.25) is 9.36 Å². The minimum atomic E-state index is -0.795. The third-order valence-electron chi connectivity index (χ3n) is 6.62. The predicted octanol–water partition coefficient (Wildman–Crippen LogP) is 6.06. The highest BCUT2D eigenvalue weighted by Crippen LogP contribution is 2.37. The summed E-state index contributed by atoms with van der Waals surface area (Å²) < 4.78 is 39.0. The van der Waals surface area contributed by atoms with Gasteiger partial charge in [0.05, 0.1) is 45.4 Å². The zero-order valence-electron chi connectivity index (χ0n) is 23.9. The van der Waals surface area contributed by atoms with Gasteiger partial charge in [0.15, 0.2) is 16.3 Å².